The number of aromatic nitrogens is 2. The third-order valence-electron chi connectivity index (χ3n) is 5.72. The van der Waals surface area contributed by atoms with Gasteiger partial charge in [0.05, 0.1) is 18.5 Å². The molecule has 1 aliphatic heterocycles. The van der Waals surface area contributed by atoms with E-state index in [9.17, 15) is 4.79 Å². The zero-order valence-electron chi connectivity index (χ0n) is 20.1. The molecule has 0 atom stereocenters. The van der Waals surface area contributed by atoms with Crippen molar-refractivity contribution in [1.82, 2.24) is 14.9 Å². The van der Waals surface area contributed by atoms with Gasteiger partial charge in [-0.1, -0.05) is 56.1 Å². The Morgan fingerprint density at radius 1 is 0.943 bits per heavy atom. The molecule has 0 spiro atoms. The SMILES string of the molecule is CC(C)(C)OC(=O)N1CCC(COc2cnc(-c3ccc(Br)cc3)c(-c3ccc(Br)cc3)n2)CC1. The van der Waals surface area contributed by atoms with Gasteiger partial charge in [-0.3, -0.25) is 0 Å². The van der Waals surface area contributed by atoms with Crippen LogP contribution in [-0.2, 0) is 4.74 Å². The highest BCUT2D eigenvalue weighted by Crippen LogP contribution is 2.32. The minimum Gasteiger partial charge on any atom is -0.476 e. The van der Waals surface area contributed by atoms with E-state index in [1.807, 2.05) is 69.3 Å². The summed E-state index contributed by atoms with van der Waals surface area (Å²) in [5, 5.41) is 0. The van der Waals surface area contributed by atoms with Gasteiger partial charge >= 0.3 is 6.09 Å². The van der Waals surface area contributed by atoms with Crippen molar-refractivity contribution >= 4 is 38.0 Å². The summed E-state index contributed by atoms with van der Waals surface area (Å²) < 4.78 is 13.6. The Hall–Kier alpha value is -2.45. The quantitative estimate of drug-likeness (QED) is 0.305. The Bertz CT molecular complexity index is 1150. The van der Waals surface area contributed by atoms with Crippen molar-refractivity contribution in [1.29, 1.82) is 0 Å². The molecule has 3 aromatic rings. The van der Waals surface area contributed by atoms with Crippen molar-refractivity contribution in [3.63, 3.8) is 0 Å². The number of ether oxygens (including phenoxy) is 2. The normalized spacial score (nSPS) is 14.6. The van der Waals surface area contributed by atoms with Gasteiger partial charge in [0, 0.05) is 33.2 Å². The number of rotatable bonds is 5. The molecule has 0 bridgehead atoms. The maximum atomic E-state index is 12.3. The molecule has 1 amide bonds. The van der Waals surface area contributed by atoms with Crippen LogP contribution in [0.15, 0.2) is 63.7 Å². The highest BCUT2D eigenvalue weighted by atomic mass is 79.9. The van der Waals surface area contributed by atoms with E-state index in [0.717, 1.165) is 44.3 Å². The molecule has 0 saturated carbocycles. The number of hydrogen-bond acceptors (Lipinski definition) is 5. The number of amides is 1. The first-order valence-corrected chi connectivity index (χ1v) is 13.3. The van der Waals surface area contributed by atoms with Crippen LogP contribution < -0.4 is 4.74 Å². The molecular formula is C27H29Br2N3O3. The van der Waals surface area contributed by atoms with Gasteiger partial charge in [0.25, 0.3) is 0 Å². The minimum absolute atomic E-state index is 0.245. The van der Waals surface area contributed by atoms with Gasteiger partial charge in [0.1, 0.15) is 11.3 Å². The fourth-order valence-corrected chi connectivity index (χ4v) is 4.41. The van der Waals surface area contributed by atoms with E-state index in [2.05, 4.69) is 31.9 Å². The summed E-state index contributed by atoms with van der Waals surface area (Å²) in [6.45, 7) is 7.53. The average molecular weight is 603 g/mol. The van der Waals surface area contributed by atoms with Gasteiger partial charge in [-0.2, -0.15) is 0 Å². The standard InChI is InChI=1S/C27H29Br2N3O3/c1-27(2,3)35-26(33)32-14-12-18(13-15-32)17-34-23-16-30-24(19-4-8-21(28)9-5-19)25(31-23)20-6-10-22(29)11-7-20/h4-11,16,18H,12-15,17H2,1-3H3. The first-order chi connectivity index (χ1) is 16.7. The van der Waals surface area contributed by atoms with E-state index in [0.29, 0.717) is 31.5 Å². The largest absolute Gasteiger partial charge is 0.476 e. The van der Waals surface area contributed by atoms with Crippen LogP contribution in [0.1, 0.15) is 33.6 Å². The number of carbonyl (C=O) groups is 1. The summed E-state index contributed by atoms with van der Waals surface area (Å²) in [6, 6.07) is 16.1. The van der Waals surface area contributed by atoms with Gasteiger partial charge in [-0.05, 0) is 63.8 Å². The van der Waals surface area contributed by atoms with Crippen molar-refractivity contribution in [2.45, 2.75) is 39.2 Å². The van der Waals surface area contributed by atoms with Crippen molar-refractivity contribution in [2.75, 3.05) is 19.7 Å². The molecule has 0 N–H and O–H groups in total. The molecule has 35 heavy (non-hydrogen) atoms. The number of likely N-dealkylation sites (tertiary alicyclic amines) is 1. The summed E-state index contributed by atoms with van der Waals surface area (Å²) in [5.41, 5.74) is 3.05. The Morgan fingerprint density at radius 3 is 2.03 bits per heavy atom. The monoisotopic (exact) mass is 601 g/mol. The molecule has 1 fully saturated rings. The molecule has 0 aliphatic carbocycles. The zero-order valence-corrected chi connectivity index (χ0v) is 23.3. The lowest BCUT2D eigenvalue weighted by Crippen LogP contribution is -2.42. The summed E-state index contributed by atoms with van der Waals surface area (Å²) in [7, 11) is 0. The summed E-state index contributed by atoms with van der Waals surface area (Å²) in [5.74, 6) is 0.844. The van der Waals surface area contributed by atoms with E-state index in [1.54, 1.807) is 11.1 Å². The Labute approximate surface area is 223 Å². The summed E-state index contributed by atoms with van der Waals surface area (Å²) in [4.78, 5) is 23.7. The molecule has 1 saturated heterocycles. The van der Waals surface area contributed by atoms with Crippen LogP contribution in [0.4, 0.5) is 4.79 Å². The number of benzene rings is 2. The molecular weight excluding hydrogens is 574 g/mol. The smallest absolute Gasteiger partial charge is 0.410 e. The summed E-state index contributed by atoms with van der Waals surface area (Å²) in [6.07, 6.45) is 3.17. The number of carbonyl (C=O) groups excluding carboxylic acids is 1. The number of nitrogens with zero attached hydrogens (tertiary/aromatic N) is 3. The highest BCUT2D eigenvalue weighted by Gasteiger charge is 2.27. The van der Waals surface area contributed by atoms with Crippen LogP contribution in [0.2, 0.25) is 0 Å². The van der Waals surface area contributed by atoms with Gasteiger partial charge in [0.15, 0.2) is 0 Å². The second-order valence-electron chi connectivity index (χ2n) is 9.64. The van der Waals surface area contributed by atoms with Crippen LogP contribution in [-0.4, -0.2) is 46.3 Å². The van der Waals surface area contributed by atoms with E-state index in [1.165, 1.54) is 0 Å². The van der Waals surface area contributed by atoms with Crippen LogP contribution in [0.25, 0.3) is 22.5 Å². The van der Waals surface area contributed by atoms with Gasteiger partial charge in [-0.15, -0.1) is 0 Å². The van der Waals surface area contributed by atoms with Crippen molar-refractivity contribution in [3.8, 4) is 28.4 Å². The maximum absolute atomic E-state index is 12.3. The Morgan fingerprint density at radius 2 is 1.49 bits per heavy atom. The van der Waals surface area contributed by atoms with Gasteiger partial charge in [0.2, 0.25) is 5.88 Å². The van der Waals surface area contributed by atoms with Gasteiger partial charge in [-0.25, -0.2) is 14.8 Å². The van der Waals surface area contributed by atoms with Crippen LogP contribution in [0.5, 0.6) is 5.88 Å². The molecule has 6 nitrogen and oxygen atoms in total. The predicted molar refractivity (Wildman–Crippen MR) is 144 cm³/mol. The van der Waals surface area contributed by atoms with E-state index >= 15 is 0 Å². The molecule has 1 aromatic heterocycles. The van der Waals surface area contributed by atoms with E-state index in [-0.39, 0.29) is 6.09 Å². The fraction of sp³-hybridized carbons (Fsp3) is 0.370. The molecule has 8 heteroatoms. The predicted octanol–water partition coefficient (Wildman–Crippen LogP) is 7.36. The van der Waals surface area contributed by atoms with E-state index < -0.39 is 5.60 Å². The lowest BCUT2D eigenvalue weighted by atomic mass is 9.98. The first-order valence-electron chi connectivity index (χ1n) is 11.7. The van der Waals surface area contributed by atoms with E-state index in [4.69, 9.17) is 19.4 Å². The van der Waals surface area contributed by atoms with Crippen LogP contribution in [0, 0.1) is 5.92 Å². The molecule has 2 aromatic carbocycles. The maximum Gasteiger partial charge on any atom is 0.410 e. The minimum atomic E-state index is -0.481. The molecule has 1 aliphatic rings. The topological polar surface area (TPSA) is 64.5 Å². The molecule has 0 radical (unpaired) electrons. The van der Waals surface area contributed by atoms with Crippen molar-refractivity contribution in [3.05, 3.63) is 63.7 Å². The Kier molecular flexibility index (Phi) is 8.12. The first kappa shape index (κ1) is 25.6. The number of hydrogen-bond donors (Lipinski definition) is 0. The lowest BCUT2D eigenvalue weighted by molar-refractivity contribution is 0.0164. The molecule has 184 valence electrons. The molecule has 2 heterocycles. The zero-order chi connectivity index (χ0) is 25.0. The average Bonchev–Trinajstić information content (AvgIpc) is 2.83. The van der Waals surface area contributed by atoms with Crippen molar-refractivity contribution in [2.24, 2.45) is 5.92 Å². The fourth-order valence-electron chi connectivity index (χ4n) is 3.88. The second-order valence-corrected chi connectivity index (χ2v) is 11.5. The van der Waals surface area contributed by atoms with Crippen LogP contribution >= 0.6 is 31.9 Å². The highest BCUT2D eigenvalue weighted by molar-refractivity contribution is 9.10. The molecule has 0 unspecified atom stereocenters. The second kappa shape index (κ2) is 11.1. The number of piperidine rings is 1. The van der Waals surface area contributed by atoms with Gasteiger partial charge < -0.3 is 14.4 Å². The Balaban J connectivity index is 1.45. The molecule has 4 rings (SSSR count). The summed E-state index contributed by atoms with van der Waals surface area (Å²) >= 11 is 7.00. The third kappa shape index (κ3) is 7.04. The number of halogens is 2. The van der Waals surface area contributed by atoms with Crippen molar-refractivity contribution < 1.29 is 14.3 Å². The van der Waals surface area contributed by atoms with Crippen LogP contribution in [0.3, 0.4) is 0 Å². The lowest BCUT2D eigenvalue weighted by Gasteiger charge is -2.33. The third-order valence-corrected chi connectivity index (χ3v) is 6.78.